The van der Waals surface area contributed by atoms with E-state index in [9.17, 15) is 0 Å². The molecule has 0 aromatic rings. The quantitative estimate of drug-likeness (QED) is 0.454. The predicted molar refractivity (Wildman–Crippen MR) is 70.9 cm³/mol. The van der Waals surface area contributed by atoms with E-state index in [4.69, 9.17) is 22.2 Å². The van der Waals surface area contributed by atoms with Crippen molar-refractivity contribution in [3.63, 3.8) is 0 Å². The molecular formula is C13H25ClN2O. The molecule has 1 aliphatic carbocycles. The van der Waals surface area contributed by atoms with Crippen molar-refractivity contribution >= 4 is 11.6 Å². The Hall–Kier alpha value is 0.170. The van der Waals surface area contributed by atoms with Crippen LogP contribution in [-0.4, -0.2) is 24.1 Å². The van der Waals surface area contributed by atoms with Crippen LogP contribution in [0.4, 0.5) is 0 Å². The van der Waals surface area contributed by atoms with Gasteiger partial charge in [-0.3, -0.25) is 11.3 Å². The third-order valence-corrected chi connectivity index (χ3v) is 4.75. The summed E-state index contributed by atoms with van der Waals surface area (Å²) in [7, 11) is 0. The maximum Gasteiger partial charge on any atom is 0.0685 e. The second kappa shape index (κ2) is 6.37. The summed E-state index contributed by atoms with van der Waals surface area (Å²) < 4.78 is 6.06. The average molecular weight is 261 g/mol. The molecule has 0 amide bonds. The molecule has 1 saturated carbocycles. The standard InChI is InChI=1S/C13H25ClN2O/c14-8-3-4-12(16-15)11-5-9-17-13(10-11)6-1-2-7-13/h11-12,16H,1-10,15H2. The molecule has 0 aromatic carbocycles. The molecule has 2 unspecified atom stereocenters. The van der Waals surface area contributed by atoms with E-state index in [1.165, 1.54) is 32.1 Å². The molecule has 3 nitrogen and oxygen atoms in total. The van der Waals surface area contributed by atoms with Gasteiger partial charge >= 0.3 is 0 Å². The fourth-order valence-corrected chi connectivity index (χ4v) is 3.68. The van der Waals surface area contributed by atoms with E-state index in [-0.39, 0.29) is 5.60 Å². The maximum atomic E-state index is 6.06. The third kappa shape index (κ3) is 3.34. The van der Waals surface area contributed by atoms with Gasteiger partial charge in [-0.15, -0.1) is 11.6 Å². The van der Waals surface area contributed by atoms with Crippen molar-refractivity contribution in [1.82, 2.24) is 5.43 Å². The van der Waals surface area contributed by atoms with Crippen molar-refractivity contribution in [2.45, 2.75) is 63.0 Å². The number of rotatable bonds is 5. The first-order chi connectivity index (χ1) is 8.29. The number of nitrogens with one attached hydrogen (secondary N) is 1. The summed E-state index contributed by atoms with van der Waals surface area (Å²) in [6.45, 7) is 0.906. The molecule has 0 aromatic heterocycles. The van der Waals surface area contributed by atoms with E-state index in [1.807, 2.05) is 0 Å². The number of alkyl halides is 1. The van der Waals surface area contributed by atoms with Crippen molar-refractivity contribution < 1.29 is 4.74 Å². The van der Waals surface area contributed by atoms with Gasteiger partial charge in [0.05, 0.1) is 5.60 Å². The van der Waals surface area contributed by atoms with Crippen molar-refractivity contribution in [2.75, 3.05) is 12.5 Å². The van der Waals surface area contributed by atoms with E-state index >= 15 is 0 Å². The Balaban J connectivity index is 1.90. The number of halogens is 1. The van der Waals surface area contributed by atoms with Crippen molar-refractivity contribution in [2.24, 2.45) is 11.8 Å². The summed E-state index contributed by atoms with van der Waals surface area (Å²) in [5.74, 6) is 7.09. The monoisotopic (exact) mass is 260 g/mol. The summed E-state index contributed by atoms with van der Waals surface area (Å²) in [6.07, 6.45) is 9.60. The van der Waals surface area contributed by atoms with Crippen LogP contribution in [-0.2, 0) is 4.74 Å². The molecule has 2 aliphatic rings. The van der Waals surface area contributed by atoms with Crippen LogP contribution in [0.25, 0.3) is 0 Å². The summed E-state index contributed by atoms with van der Waals surface area (Å²) >= 11 is 5.77. The fraction of sp³-hybridized carbons (Fsp3) is 1.00. The molecule has 2 atom stereocenters. The molecule has 0 bridgehead atoms. The average Bonchev–Trinajstić information content (AvgIpc) is 2.78. The zero-order chi connectivity index (χ0) is 12.1. The number of hydrogen-bond acceptors (Lipinski definition) is 3. The topological polar surface area (TPSA) is 47.3 Å². The first-order valence-electron chi connectivity index (χ1n) is 6.96. The number of nitrogens with two attached hydrogens (primary N) is 1. The molecular weight excluding hydrogens is 236 g/mol. The third-order valence-electron chi connectivity index (χ3n) is 4.48. The van der Waals surface area contributed by atoms with Crippen molar-refractivity contribution in [3.8, 4) is 0 Å². The Kier molecular flexibility index (Phi) is 5.10. The Morgan fingerprint density at radius 2 is 2.18 bits per heavy atom. The SMILES string of the molecule is NNC(CCCCl)C1CCOC2(CCCC2)C1. The lowest BCUT2D eigenvalue weighted by atomic mass is 9.79. The highest BCUT2D eigenvalue weighted by Crippen LogP contribution is 2.43. The zero-order valence-corrected chi connectivity index (χ0v) is 11.3. The normalized spacial score (nSPS) is 29.6. The van der Waals surface area contributed by atoms with Crippen molar-refractivity contribution in [3.05, 3.63) is 0 Å². The van der Waals surface area contributed by atoms with Gasteiger partial charge in [-0.1, -0.05) is 12.8 Å². The molecule has 17 heavy (non-hydrogen) atoms. The number of hydrazine groups is 1. The molecule has 1 spiro atoms. The van der Waals surface area contributed by atoms with Gasteiger partial charge in [0, 0.05) is 18.5 Å². The van der Waals surface area contributed by atoms with Crippen LogP contribution < -0.4 is 11.3 Å². The van der Waals surface area contributed by atoms with Crippen LogP contribution in [0.15, 0.2) is 0 Å². The van der Waals surface area contributed by atoms with Gasteiger partial charge in [0.2, 0.25) is 0 Å². The zero-order valence-electron chi connectivity index (χ0n) is 10.6. The van der Waals surface area contributed by atoms with Gasteiger partial charge in [0.1, 0.15) is 0 Å². The molecule has 3 N–H and O–H groups in total. The maximum absolute atomic E-state index is 6.06. The molecule has 1 aliphatic heterocycles. The number of ether oxygens (including phenoxy) is 1. The van der Waals surface area contributed by atoms with E-state index in [0.717, 1.165) is 31.7 Å². The van der Waals surface area contributed by atoms with E-state index in [1.54, 1.807) is 0 Å². The fourth-order valence-electron chi connectivity index (χ4n) is 3.53. The number of hydrogen-bond donors (Lipinski definition) is 2. The summed E-state index contributed by atoms with van der Waals surface area (Å²) in [6, 6.07) is 0.412. The van der Waals surface area contributed by atoms with Crippen LogP contribution in [0.5, 0.6) is 0 Å². The molecule has 2 rings (SSSR count). The first-order valence-corrected chi connectivity index (χ1v) is 7.49. The Morgan fingerprint density at radius 1 is 1.41 bits per heavy atom. The Labute approximate surface area is 109 Å². The van der Waals surface area contributed by atoms with E-state index in [0.29, 0.717) is 12.0 Å². The van der Waals surface area contributed by atoms with Gasteiger partial charge in [-0.2, -0.15) is 0 Å². The van der Waals surface area contributed by atoms with Gasteiger partial charge in [-0.05, 0) is 44.4 Å². The highest BCUT2D eigenvalue weighted by molar-refractivity contribution is 6.17. The Morgan fingerprint density at radius 3 is 2.82 bits per heavy atom. The van der Waals surface area contributed by atoms with Gasteiger partial charge in [0.25, 0.3) is 0 Å². The highest BCUT2D eigenvalue weighted by atomic mass is 35.5. The lowest BCUT2D eigenvalue weighted by Gasteiger charge is -2.41. The van der Waals surface area contributed by atoms with Crippen LogP contribution >= 0.6 is 11.6 Å². The lowest BCUT2D eigenvalue weighted by molar-refractivity contribution is -0.0982. The van der Waals surface area contributed by atoms with E-state index < -0.39 is 0 Å². The Bertz CT molecular complexity index is 231. The van der Waals surface area contributed by atoms with Crippen LogP contribution in [0, 0.1) is 5.92 Å². The minimum absolute atomic E-state index is 0.193. The highest BCUT2D eigenvalue weighted by Gasteiger charge is 2.41. The van der Waals surface area contributed by atoms with Crippen molar-refractivity contribution in [1.29, 1.82) is 0 Å². The summed E-state index contributed by atoms with van der Waals surface area (Å²) in [5.41, 5.74) is 3.19. The van der Waals surface area contributed by atoms with Gasteiger partial charge in [-0.25, -0.2) is 0 Å². The minimum Gasteiger partial charge on any atom is -0.375 e. The van der Waals surface area contributed by atoms with Gasteiger partial charge in [0.15, 0.2) is 0 Å². The molecule has 2 fully saturated rings. The van der Waals surface area contributed by atoms with Crippen LogP contribution in [0.1, 0.15) is 51.4 Å². The largest absolute Gasteiger partial charge is 0.375 e. The molecule has 1 heterocycles. The van der Waals surface area contributed by atoms with E-state index in [2.05, 4.69) is 5.43 Å². The smallest absolute Gasteiger partial charge is 0.0685 e. The minimum atomic E-state index is 0.193. The second-order valence-electron chi connectivity index (χ2n) is 5.60. The summed E-state index contributed by atoms with van der Waals surface area (Å²) in [5, 5.41) is 0. The first kappa shape index (κ1) is 13.6. The van der Waals surface area contributed by atoms with Gasteiger partial charge < -0.3 is 4.74 Å². The van der Waals surface area contributed by atoms with Crippen LogP contribution in [0.3, 0.4) is 0 Å². The molecule has 1 saturated heterocycles. The molecule has 0 radical (unpaired) electrons. The molecule has 100 valence electrons. The van der Waals surface area contributed by atoms with Crippen LogP contribution in [0.2, 0.25) is 0 Å². The summed E-state index contributed by atoms with van der Waals surface area (Å²) in [4.78, 5) is 0. The second-order valence-corrected chi connectivity index (χ2v) is 5.97. The predicted octanol–water partition coefficient (Wildman–Crippen LogP) is 2.58. The lowest BCUT2D eigenvalue weighted by Crippen LogP contribution is -2.47. The molecule has 4 heteroatoms.